The van der Waals surface area contributed by atoms with Gasteiger partial charge >= 0.3 is 0 Å². The monoisotopic (exact) mass is 289 g/mol. The van der Waals surface area contributed by atoms with E-state index in [-0.39, 0.29) is 18.1 Å². The lowest BCUT2D eigenvalue weighted by Crippen LogP contribution is -2.62. The molecule has 1 aromatic rings. The largest absolute Gasteiger partial charge is 0.508 e. The molecule has 5 heteroatoms. The maximum Gasteiger partial charge on any atom is 0.227 e. The number of fused-ring (bicyclic) bond motifs is 1. The summed E-state index contributed by atoms with van der Waals surface area (Å²) in [5.41, 5.74) is 0.714. The number of hydrogen-bond acceptors (Lipinski definition) is 4. The normalized spacial score (nSPS) is 23.9. The van der Waals surface area contributed by atoms with Gasteiger partial charge in [-0.3, -0.25) is 9.69 Å². The van der Waals surface area contributed by atoms with E-state index in [0.29, 0.717) is 11.6 Å². The molecular weight excluding hydrogens is 266 g/mol. The summed E-state index contributed by atoms with van der Waals surface area (Å²) in [6, 6.07) is 7.54. The Balaban J connectivity index is 1.62. The van der Waals surface area contributed by atoms with Crippen LogP contribution in [0.15, 0.2) is 24.3 Å². The molecule has 1 N–H and O–H groups in total. The van der Waals surface area contributed by atoms with Crippen LogP contribution in [0.25, 0.3) is 0 Å². The number of nitrogens with zero attached hydrogens (tertiary/aromatic N) is 3. The maximum absolute atomic E-state index is 12.5. The first-order valence-electron chi connectivity index (χ1n) is 7.61. The predicted octanol–water partition coefficient (Wildman–Crippen LogP) is 0.393. The first kappa shape index (κ1) is 14.4. The van der Waals surface area contributed by atoms with Crippen LogP contribution in [0.4, 0.5) is 0 Å². The molecule has 114 valence electrons. The Morgan fingerprint density at radius 3 is 2.76 bits per heavy atom. The number of amides is 1. The summed E-state index contributed by atoms with van der Waals surface area (Å²) in [6.07, 6.45) is 0.287. The van der Waals surface area contributed by atoms with E-state index in [0.717, 1.165) is 39.3 Å². The minimum atomic E-state index is 0.115. The van der Waals surface area contributed by atoms with Crippen LogP contribution in [0.1, 0.15) is 5.56 Å². The highest BCUT2D eigenvalue weighted by Gasteiger charge is 2.32. The lowest BCUT2D eigenvalue weighted by atomic mass is 10.1. The lowest BCUT2D eigenvalue weighted by Gasteiger charge is -2.46. The first-order chi connectivity index (χ1) is 10.1. The number of phenolic OH excluding ortho intramolecular Hbond substituents is 1. The van der Waals surface area contributed by atoms with Crippen molar-refractivity contribution in [3.8, 4) is 5.75 Å². The first-order valence-corrected chi connectivity index (χ1v) is 7.61. The summed E-state index contributed by atoms with van der Waals surface area (Å²) < 4.78 is 0. The molecule has 2 aliphatic heterocycles. The number of piperazine rings is 2. The molecule has 0 unspecified atom stereocenters. The van der Waals surface area contributed by atoms with Gasteiger partial charge in [-0.1, -0.05) is 18.2 Å². The molecule has 0 radical (unpaired) electrons. The molecule has 0 aliphatic carbocycles. The number of para-hydroxylation sites is 1. The van der Waals surface area contributed by atoms with Crippen molar-refractivity contribution in [3.63, 3.8) is 0 Å². The highest BCUT2D eigenvalue weighted by atomic mass is 16.3. The third-order valence-electron chi connectivity index (χ3n) is 4.58. The smallest absolute Gasteiger partial charge is 0.227 e. The van der Waals surface area contributed by atoms with Gasteiger partial charge in [-0.25, -0.2) is 0 Å². The van der Waals surface area contributed by atoms with Gasteiger partial charge in [0.25, 0.3) is 0 Å². The van der Waals surface area contributed by atoms with Gasteiger partial charge in [-0.05, 0) is 13.1 Å². The zero-order valence-corrected chi connectivity index (χ0v) is 12.5. The van der Waals surface area contributed by atoms with E-state index in [4.69, 9.17) is 0 Å². The number of phenols is 1. The Kier molecular flexibility index (Phi) is 4.12. The minimum Gasteiger partial charge on any atom is -0.508 e. The molecule has 2 heterocycles. The summed E-state index contributed by atoms with van der Waals surface area (Å²) in [7, 11) is 2.14. The molecule has 3 rings (SSSR count). The van der Waals surface area contributed by atoms with Gasteiger partial charge in [-0.2, -0.15) is 0 Å². The molecule has 2 saturated heterocycles. The number of hydrogen-bond donors (Lipinski definition) is 1. The second-order valence-corrected chi connectivity index (χ2v) is 6.10. The van der Waals surface area contributed by atoms with Crippen molar-refractivity contribution in [2.45, 2.75) is 12.5 Å². The molecule has 2 fully saturated rings. The van der Waals surface area contributed by atoms with Gasteiger partial charge in [0.05, 0.1) is 6.42 Å². The zero-order valence-electron chi connectivity index (χ0n) is 12.5. The Hall–Kier alpha value is -1.59. The van der Waals surface area contributed by atoms with Crippen LogP contribution >= 0.6 is 0 Å². The fourth-order valence-electron chi connectivity index (χ4n) is 3.27. The van der Waals surface area contributed by atoms with Gasteiger partial charge in [0.2, 0.25) is 5.91 Å². The fourth-order valence-corrected chi connectivity index (χ4v) is 3.27. The molecule has 5 nitrogen and oxygen atoms in total. The number of rotatable bonds is 2. The van der Waals surface area contributed by atoms with Crippen LogP contribution in [-0.4, -0.2) is 78.1 Å². The number of carbonyl (C=O) groups excluding carboxylic acids is 1. The summed E-state index contributed by atoms with van der Waals surface area (Å²) in [5, 5.41) is 9.79. The second-order valence-electron chi connectivity index (χ2n) is 6.10. The third kappa shape index (κ3) is 3.19. The standard InChI is InChI=1S/C16H23N3O2/c1-17-6-7-18-8-9-19(12-14(18)11-17)16(21)10-13-4-2-3-5-15(13)20/h2-5,14,20H,6-12H2,1H3/t14-/m1/s1. The van der Waals surface area contributed by atoms with E-state index in [1.54, 1.807) is 12.1 Å². The van der Waals surface area contributed by atoms with Crippen LogP contribution in [0.2, 0.25) is 0 Å². The average Bonchev–Trinajstić information content (AvgIpc) is 2.48. The van der Waals surface area contributed by atoms with E-state index < -0.39 is 0 Å². The highest BCUT2D eigenvalue weighted by molar-refractivity contribution is 5.79. The fraction of sp³-hybridized carbons (Fsp3) is 0.562. The second kappa shape index (κ2) is 6.03. The van der Waals surface area contributed by atoms with Crippen LogP contribution in [0, 0.1) is 0 Å². The molecule has 1 amide bonds. The van der Waals surface area contributed by atoms with Gasteiger partial charge in [0.1, 0.15) is 5.75 Å². The SMILES string of the molecule is CN1CCN2CCN(C(=O)Cc3ccccc3O)C[C@H]2C1. The number of aromatic hydroxyl groups is 1. The molecule has 1 atom stereocenters. The molecule has 21 heavy (non-hydrogen) atoms. The summed E-state index contributed by atoms with van der Waals surface area (Å²) in [4.78, 5) is 19.2. The third-order valence-corrected chi connectivity index (χ3v) is 4.58. The highest BCUT2D eigenvalue weighted by Crippen LogP contribution is 2.19. The zero-order chi connectivity index (χ0) is 14.8. The molecule has 1 aromatic carbocycles. The van der Waals surface area contributed by atoms with E-state index in [1.807, 2.05) is 17.0 Å². The van der Waals surface area contributed by atoms with Crippen LogP contribution in [0.3, 0.4) is 0 Å². The quantitative estimate of drug-likeness (QED) is 0.856. The minimum absolute atomic E-state index is 0.115. The number of likely N-dealkylation sites (N-methyl/N-ethyl adjacent to an activating group) is 1. The molecule has 2 aliphatic rings. The summed E-state index contributed by atoms with van der Waals surface area (Å²) >= 11 is 0. The van der Waals surface area contributed by atoms with Gasteiger partial charge in [0, 0.05) is 50.9 Å². The van der Waals surface area contributed by atoms with Crippen molar-refractivity contribution >= 4 is 5.91 Å². The molecule has 0 saturated carbocycles. The lowest BCUT2D eigenvalue weighted by molar-refractivity contribution is -0.134. The van der Waals surface area contributed by atoms with Crippen molar-refractivity contribution in [2.24, 2.45) is 0 Å². The van der Waals surface area contributed by atoms with Crippen molar-refractivity contribution < 1.29 is 9.90 Å². The van der Waals surface area contributed by atoms with Gasteiger partial charge in [-0.15, -0.1) is 0 Å². The summed E-state index contributed by atoms with van der Waals surface area (Å²) in [6.45, 7) is 5.81. The van der Waals surface area contributed by atoms with E-state index in [1.165, 1.54) is 0 Å². The Morgan fingerprint density at radius 1 is 1.19 bits per heavy atom. The van der Waals surface area contributed by atoms with Crippen molar-refractivity contribution in [3.05, 3.63) is 29.8 Å². The van der Waals surface area contributed by atoms with Crippen LogP contribution < -0.4 is 0 Å². The molecule has 0 bridgehead atoms. The van der Waals surface area contributed by atoms with E-state index in [2.05, 4.69) is 16.8 Å². The predicted molar refractivity (Wildman–Crippen MR) is 81.2 cm³/mol. The van der Waals surface area contributed by atoms with Crippen LogP contribution in [-0.2, 0) is 11.2 Å². The number of carbonyl (C=O) groups is 1. The summed E-state index contributed by atoms with van der Waals surface area (Å²) in [5.74, 6) is 0.325. The Morgan fingerprint density at radius 2 is 1.95 bits per heavy atom. The van der Waals surface area contributed by atoms with Crippen LogP contribution in [0.5, 0.6) is 5.75 Å². The van der Waals surface area contributed by atoms with Crippen molar-refractivity contribution in [1.29, 1.82) is 0 Å². The molecule has 0 spiro atoms. The molecular formula is C16H23N3O2. The molecule has 0 aromatic heterocycles. The number of benzene rings is 1. The van der Waals surface area contributed by atoms with Gasteiger partial charge in [0.15, 0.2) is 0 Å². The average molecular weight is 289 g/mol. The Bertz CT molecular complexity index is 520. The maximum atomic E-state index is 12.5. The van der Waals surface area contributed by atoms with Crippen molar-refractivity contribution in [1.82, 2.24) is 14.7 Å². The topological polar surface area (TPSA) is 47.0 Å². The van der Waals surface area contributed by atoms with E-state index in [9.17, 15) is 9.90 Å². The van der Waals surface area contributed by atoms with Gasteiger partial charge < -0.3 is 14.9 Å². The van der Waals surface area contributed by atoms with E-state index >= 15 is 0 Å². The van der Waals surface area contributed by atoms with Crippen molar-refractivity contribution in [2.75, 3.05) is 46.3 Å². The Labute approximate surface area is 125 Å².